The molecule has 0 aliphatic heterocycles. The Kier molecular flexibility index (Phi) is 4.18. The monoisotopic (exact) mass is 243 g/mol. The molecule has 90 valence electrons. The third kappa shape index (κ3) is 2.95. The van der Waals surface area contributed by atoms with E-state index in [1.165, 1.54) is 12.8 Å². The number of hydrogen-bond acceptors (Lipinski definition) is 3. The van der Waals surface area contributed by atoms with Gasteiger partial charge in [0, 0.05) is 26.2 Å². The van der Waals surface area contributed by atoms with Crippen LogP contribution in [0.1, 0.15) is 43.8 Å². The molecular formula is C11H18ClN3O. The summed E-state index contributed by atoms with van der Waals surface area (Å²) >= 11 is 6.02. The van der Waals surface area contributed by atoms with Crippen molar-refractivity contribution in [1.29, 1.82) is 0 Å². The first-order valence-electron chi connectivity index (χ1n) is 5.90. The predicted octanol–water partition coefficient (Wildman–Crippen LogP) is 2.63. The second-order valence-electron chi connectivity index (χ2n) is 4.31. The van der Waals surface area contributed by atoms with Gasteiger partial charge in [0.1, 0.15) is 5.82 Å². The summed E-state index contributed by atoms with van der Waals surface area (Å²) in [5.74, 6) is 1.69. The van der Waals surface area contributed by atoms with Crippen LogP contribution >= 0.6 is 11.6 Å². The van der Waals surface area contributed by atoms with Crippen LogP contribution in [0.25, 0.3) is 0 Å². The lowest BCUT2D eigenvalue weighted by molar-refractivity contribution is 0.191. The van der Waals surface area contributed by atoms with Crippen LogP contribution in [0.5, 0.6) is 0 Å². The molecule has 0 saturated heterocycles. The molecule has 0 radical (unpaired) electrons. The molecule has 1 aromatic rings. The topological polar surface area (TPSA) is 39.9 Å². The van der Waals surface area contributed by atoms with Gasteiger partial charge >= 0.3 is 0 Å². The molecule has 1 saturated carbocycles. The van der Waals surface area contributed by atoms with E-state index >= 15 is 0 Å². The fourth-order valence-corrected chi connectivity index (χ4v) is 2.05. The summed E-state index contributed by atoms with van der Waals surface area (Å²) in [4.78, 5) is 0. The van der Waals surface area contributed by atoms with Crippen molar-refractivity contribution < 1.29 is 4.74 Å². The minimum Gasteiger partial charge on any atom is -0.385 e. The number of nitrogens with zero attached hydrogens (tertiary/aromatic N) is 3. The van der Waals surface area contributed by atoms with E-state index in [0.29, 0.717) is 11.2 Å². The molecule has 4 nitrogen and oxygen atoms in total. The second-order valence-corrected chi connectivity index (χ2v) is 4.64. The largest absolute Gasteiger partial charge is 0.385 e. The van der Waals surface area contributed by atoms with Crippen LogP contribution in [-0.2, 0) is 11.3 Å². The highest BCUT2D eigenvalue weighted by Crippen LogP contribution is 2.39. The first-order valence-corrected chi connectivity index (χ1v) is 6.28. The maximum absolute atomic E-state index is 6.02. The second kappa shape index (κ2) is 5.64. The Bertz CT molecular complexity index is 336. The first kappa shape index (κ1) is 11.9. The standard InChI is InChI=1S/C11H18ClN3O/c1-16-8-4-2-3-7-15-10(9-5-6-9)13-14-11(15)12/h9H,2-8H2,1H3. The molecule has 1 aromatic heterocycles. The van der Waals surface area contributed by atoms with Gasteiger partial charge in [-0.1, -0.05) is 0 Å². The molecule has 1 fully saturated rings. The van der Waals surface area contributed by atoms with Gasteiger partial charge in [0.25, 0.3) is 0 Å². The van der Waals surface area contributed by atoms with Gasteiger partial charge in [0.05, 0.1) is 0 Å². The van der Waals surface area contributed by atoms with E-state index in [2.05, 4.69) is 14.8 Å². The smallest absolute Gasteiger partial charge is 0.225 e. The van der Waals surface area contributed by atoms with Crippen molar-refractivity contribution in [3.8, 4) is 0 Å². The van der Waals surface area contributed by atoms with Crippen LogP contribution in [0.2, 0.25) is 5.28 Å². The Hall–Kier alpha value is -0.610. The fraction of sp³-hybridized carbons (Fsp3) is 0.818. The average Bonchev–Trinajstić information content (AvgIpc) is 3.05. The molecule has 0 N–H and O–H groups in total. The summed E-state index contributed by atoms with van der Waals surface area (Å²) < 4.78 is 7.08. The normalized spacial score (nSPS) is 15.6. The van der Waals surface area contributed by atoms with Crippen molar-refractivity contribution >= 4 is 11.6 Å². The van der Waals surface area contributed by atoms with E-state index < -0.39 is 0 Å². The van der Waals surface area contributed by atoms with Crippen molar-refractivity contribution in [1.82, 2.24) is 14.8 Å². The molecule has 1 heterocycles. The van der Waals surface area contributed by atoms with Gasteiger partial charge in [-0.3, -0.25) is 0 Å². The molecule has 2 rings (SSSR count). The van der Waals surface area contributed by atoms with Crippen LogP contribution in [0.15, 0.2) is 0 Å². The Morgan fingerprint density at radius 3 is 2.81 bits per heavy atom. The van der Waals surface area contributed by atoms with Crippen molar-refractivity contribution in [2.24, 2.45) is 0 Å². The maximum Gasteiger partial charge on any atom is 0.225 e. The summed E-state index contributed by atoms with van der Waals surface area (Å²) in [6.07, 6.45) is 5.85. The molecular weight excluding hydrogens is 226 g/mol. The van der Waals surface area contributed by atoms with E-state index in [9.17, 15) is 0 Å². The highest BCUT2D eigenvalue weighted by atomic mass is 35.5. The average molecular weight is 244 g/mol. The summed E-state index contributed by atoms with van der Waals surface area (Å²) in [5, 5.41) is 8.63. The van der Waals surface area contributed by atoms with E-state index in [4.69, 9.17) is 16.3 Å². The summed E-state index contributed by atoms with van der Waals surface area (Å²) in [6.45, 7) is 1.77. The third-order valence-corrected chi connectivity index (χ3v) is 3.19. The van der Waals surface area contributed by atoms with Crippen molar-refractivity contribution in [2.75, 3.05) is 13.7 Å². The van der Waals surface area contributed by atoms with Crippen LogP contribution in [0.3, 0.4) is 0 Å². The van der Waals surface area contributed by atoms with Gasteiger partial charge in [0.2, 0.25) is 5.28 Å². The quantitative estimate of drug-likeness (QED) is 0.692. The molecule has 0 unspecified atom stereocenters. The highest BCUT2D eigenvalue weighted by Gasteiger charge is 2.29. The molecule has 1 aliphatic rings. The van der Waals surface area contributed by atoms with Crippen LogP contribution in [-0.4, -0.2) is 28.5 Å². The Balaban J connectivity index is 1.81. The Labute approximate surface area is 101 Å². The van der Waals surface area contributed by atoms with Gasteiger partial charge < -0.3 is 9.30 Å². The highest BCUT2D eigenvalue weighted by molar-refractivity contribution is 6.28. The molecule has 0 bridgehead atoms. The number of ether oxygens (including phenoxy) is 1. The number of methoxy groups -OCH3 is 1. The minimum atomic E-state index is 0.536. The molecule has 0 aromatic carbocycles. The molecule has 1 aliphatic carbocycles. The minimum absolute atomic E-state index is 0.536. The fourth-order valence-electron chi connectivity index (χ4n) is 1.84. The zero-order valence-corrected chi connectivity index (χ0v) is 10.4. The Morgan fingerprint density at radius 1 is 1.31 bits per heavy atom. The molecule has 5 heteroatoms. The molecule has 0 amide bonds. The SMILES string of the molecule is COCCCCCn1c(Cl)nnc1C1CC1. The van der Waals surface area contributed by atoms with Gasteiger partial charge in [-0.15, -0.1) is 10.2 Å². The number of rotatable bonds is 7. The van der Waals surface area contributed by atoms with Gasteiger partial charge in [-0.2, -0.15) is 0 Å². The van der Waals surface area contributed by atoms with Gasteiger partial charge in [-0.05, 0) is 43.7 Å². The number of halogens is 1. The van der Waals surface area contributed by atoms with Crippen LogP contribution in [0.4, 0.5) is 0 Å². The zero-order chi connectivity index (χ0) is 11.4. The van der Waals surface area contributed by atoms with Crippen molar-refractivity contribution in [3.05, 3.63) is 11.1 Å². The number of unbranched alkanes of at least 4 members (excludes halogenated alkanes) is 2. The Morgan fingerprint density at radius 2 is 2.12 bits per heavy atom. The third-order valence-electron chi connectivity index (χ3n) is 2.91. The predicted molar refractivity (Wildman–Crippen MR) is 62.7 cm³/mol. The summed E-state index contributed by atoms with van der Waals surface area (Å²) in [5.41, 5.74) is 0. The summed E-state index contributed by atoms with van der Waals surface area (Å²) in [6, 6.07) is 0. The van der Waals surface area contributed by atoms with Crippen molar-refractivity contribution in [3.63, 3.8) is 0 Å². The van der Waals surface area contributed by atoms with Gasteiger partial charge in [0.15, 0.2) is 0 Å². The van der Waals surface area contributed by atoms with Crippen LogP contribution in [0, 0.1) is 0 Å². The van der Waals surface area contributed by atoms with E-state index in [-0.39, 0.29) is 0 Å². The lowest BCUT2D eigenvalue weighted by Gasteiger charge is -2.06. The molecule has 0 spiro atoms. The molecule has 0 atom stereocenters. The van der Waals surface area contributed by atoms with Crippen molar-refractivity contribution in [2.45, 2.75) is 44.6 Å². The van der Waals surface area contributed by atoms with Gasteiger partial charge in [-0.25, -0.2) is 0 Å². The van der Waals surface area contributed by atoms with E-state index in [0.717, 1.165) is 38.2 Å². The number of aromatic nitrogens is 3. The maximum atomic E-state index is 6.02. The lowest BCUT2D eigenvalue weighted by Crippen LogP contribution is -2.03. The van der Waals surface area contributed by atoms with E-state index in [1.807, 2.05) is 0 Å². The number of hydrogen-bond donors (Lipinski definition) is 0. The first-order chi connectivity index (χ1) is 7.83. The van der Waals surface area contributed by atoms with E-state index in [1.54, 1.807) is 7.11 Å². The lowest BCUT2D eigenvalue weighted by atomic mass is 10.2. The zero-order valence-electron chi connectivity index (χ0n) is 9.65. The van der Waals surface area contributed by atoms with Crippen LogP contribution < -0.4 is 0 Å². The summed E-state index contributed by atoms with van der Waals surface area (Å²) in [7, 11) is 1.74. The molecule has 16 heavy (non-hydrogen) atoms.